The van der Waals surface area contributed by atoms with Crippen LogP contribution < -0.4 is 5.73 Å². The molecule has 0 atom stereocenters. The number of rotatable bonds is 3. The zero-order chi connectivity index (χ0) is 14.3. The van der Waals surface area contributed by atoms with Crippen LogP contribution in [0.25, 0.3) is 10.9 Å². The molecule has 0 radical (unpaired) electrons. The molecule has 3 rings (SSSR count). The van der Waals surface area contributed by atoms with Crippen molar-refractivity contribution in [3.63, 3.8) is 0 Å². The van der Waals surface area contributed by atoms with Gasteiger partial charge in [0.15, 0.2) is 5.82 Å². The van der Waals surface area contributed by atoms with Crippen molar-refractivity contribution in [2.24, 2.45) is 7.05 Å². The fourth-order valence-corrected chi connectivity index (χ4v) is 3.15. The first-order chi connectivity index (χ1) is 9.61. The van der Waals surface area contributed by atoms with Gasteiger partial charge < -0.3 is 5.73 Å². The number of para-hydroxylation sites is 1. The number of aromatic nitrogens is 4. The number of aryl methyl sites for hydroxylation is 2. The molecule has 0 aliphatic heterocycles. The molecule has 0 saturated carbocycles. The summed E-state index contributed by atoms with van der Waals surface area (Å²) in [4.78, 5) is 0. The molecule has 0 aliphatic carbocycles. The number of hydrogen-bond acceptors (Lipinski definition) is 3. The third-order valence-electron chi connectivity index (χ3n) is 3.49. The van der Waals surface area contributed by atoms with Gasteiger partial charge in [-0.25, -0.2) is 0 Å². The van der Waals surface area contributed by atoms with Crippen molar-refractivity contribution in [2.45, 2.75) is 19.9 Å². The Morgan fingerprint density at radius 2 is 2.00 bits per heavy atom. The molecule has 1 aromatic carbocycles. The van der Waals surface area contributed by atoms with Gasteiger partial charge in [0.2, 0.25) is 0 Å². The number of hydrogen-bond donors (Lipinski definition) is 1. The van der Waals surface area contributed by atoms with E-state index in [-0.39, 0.29) is 0 Å². The van der Waals surface area contributed by atoms with Gasteiger partial charge in [-0.1, -0.05) is 19.1 Å². The van der Waals surface area contributed by atoms with Crippen LogP contribution in [0.5, 0.6) is 0 Å². The molecular weight excluding hydrogens is 318 g/mol. The van der Waals surface area contributed by atoms with Crippen LogP contribution in [-0.4, -0.2) is 19.6 Å². The molecule has 0 aliphatic rings. The smallest absolute Gasteiger partial charge is 0.153 e. The predicted molar refractivity (Wildman–Crippen MR) is 83.5 cm³/mol. The third kappa shape index (κ3) is 2.00. The molecule has 0 bridgehead atoms. The summed E-state index contributed by atoms with van der Waals surface area (Å²) < 4.78 is 4.88. The Kier molecular flexibility index (Phi) is 3.25. The lowest BCUT2D eigenvalue weighted by molar-refractivity contribution is 0.631. The Morgan fingerprint density at radius 1 is 1.25 bits per heavy atom. The highest BCUT2D eigenvalue weighted by molar-refractivity contribution is 9.10. The van der Waals surface area contributed by atoms with Crippen molar-refractivity contribution in [1.29, 1.82) is 0 Å². The second kappa shape index (κ2) is 4.94. The molecule has 0 fully saturated rings. The average molecular weight is 334 g/mol. The number of nitrogens with zero attached hydrogens (tertiary/aromatic N) is 4. The van der Waals surface area contributed by atoms with E-state index in [0.29, 0.717) is 12.4 Å². The van der Waals surface area contributed by atoms with E-state index in [1.807, 2.05) is 40.7 Å². The molecule has 0 unspecified atom stereocenters. The number of benzene rings is 1. The zero-order valence-electron chi connectivity index (χ0n) is 11.5. The van der Waals surface area contributed by atoms with Crippen LogP contribution in [0.15, 0.2) is 28.7 Å². The molecule has 2 heterocycles. The second-order valence-electron chi connectivity index (χ2n) is 4.74. The first-order valence-corrected chi connectivity index (χ1v) is 7.32. The number of nitrogens with two attached hydrogens (primary N) is 1. The van der Waals surface area contributed by atoms with Crippen molar-refractivity contribution in [2.75, 3.05) is 5.73 Å². The van der Waals surface area contributed by atoms with Crippen molar-refractivity contribution in [1.82, 2.24) is 19.6 Å². The summed E-state index contributed by atoms with van der Waals surface area (Å²) in [5.74, 6) is 0.564. The fourth-order valence-electron chi connectivity index (χ4n) is 2.41. The topological polar surface area (TPSA) is 61.7 Å². The maximum atomic E-state index is 5.97. The van der Waals surface area contributed by atoms with Crippen molar-refractivity contribution in [3.8, 4) is 0 Å². The van der Waals surface area contributed by atoms with Crippen LogP contribution in [0.4, 0.5) is 5.82 Å². The van der Waals surface area contributed by atoms with Crippen molar-refractivity contribution < 1.29 is 0 Å². The first kappa shape index (κ1) is 13.2. The van der Waals surface area contributed by atoms with Gasteiger partial charge in [0.25, 0.3) is 0 Å². The zero-order valence-corrected chi connectivity index (χ0v) is 13.1. The molecule has 2 aromatic heterocycles. The van der Waals surface area contributed by atoms with Crippen molar-refractivity contribution in [3.05, 3.63) is 40.1 Å². The molecule has 104 valence electrons. The summed E-state index contributed by atoms with van der Waals surface area (Å²) in [6, 6.07) is 7.99. The van der Waals surface area contributed by atoms with E-state index in [0.717, 1.165) is 33.2 Å². The minimum absolute atomic E-state index is 0.564. The molecule has 0 spiro atoms. The molecule has 20 heavy (non-hydrogen) atoms. The van der Waals surface area contributed by atoms with Crippen LogP contribution >= 0.6 is 15.9 Å². The minimum Gasteiger partial charge on any atom is -0.382 e. The molecular formula is C14H16BrN5. The Balaban J connectivity index is 2.08. The van der Waals surface area contributed by atoms with Gasteiger partial charge in [-0.3, -0.25) is 9.36 Å². The molecule has 0 amide bonds. The van der Waals surface area contributed by atoms with E-state index in [9.17, 15) is 0 Å². The highest BCUT2D eigenvalue weighted by Crippen LogP contribution is 2.25. The summed E-state index contributed by atoms with van der Waals surface area (Å²) in [6.07, 6.45) is 0.899. The molecule has 5 nitrogen and oxygen atoms in total. The van der Waals surface area contributed by atoms with Gasteiger partial charge in [0, 0.05) is 12.4 Å². The van der Waals surface area contributed by atoms with Crippen LogP contribution in [-0.2, 0) is 20.0 Å². The SMILES string of the molecule is CCc1nn(C)c(Cn2nc(N)c3ccccc32)c1Br. The first-order valence-electron chi connectivity index (χ1n) is 6.53. The number of halogens is 1. The number of fused-ring (bicyclic) bond motifs is 1. The van der Waals surface area contributed by atoms with Gasteiger partial charge >= 0.3 is 0 Å². The van der Waals surface area contributed by atoms with Crippen LogP contribution in [0, 0.1) is 0 Å². The molecule has 2 N–H and O–H groups in total. The quantitative estimate of drug-likeness (QED) is 0.801. The molecule has 6 heteroatoms. The maximum absolute atomic E-state index is 5.97. The molecule has 0 saturated heterocycles. The van der Waals surface area contributed by atoms with E-state index in [2.05, 4.69) is 33.1 Å². The van der Waals surface area contributed by atoms with Gasteiger partial charge in [-0.15, -0.1) is 0 Å². The highest BCUT2D eigenvalue weighted by atomic mass is 79.9. The van der Waals surface area contributed by atoms with Gasteiger partial charge in [0.05, 0.1) is 27.9 Å². The number of nitrogen functional groups attached to an aromatic ring is 1. The average Bonchev–Trinajstić information content (AvgIpc) is 2.91. The number of anilines is 1. The summed E-state index contributed by atoms with van der Waals surface area (Å²) in [7, 11) is 1.95. The van der Waals surface area contributed by atoms with Gasteiger partial charge in [-0.05, 0) is 34.5 Å². The van der Waals surface area contributed by atoms with E-state index in [1.54, 1.807) is 0 Å². The lowest BCUT2D eigenvalue weighted by atomic mass is 10.2. The van der Waals surface area contributed by atoms with E-state index in [1.165, 1.54) is 0 Å². The van der Waals surface area contributed by atoms with E-state index in [4.69, 9.17) is 5.73 Å². The second-order valence-corrected chi connectivity index (χ2v) is 5.54. The Labute approximate surface area is 125 Å². The van der Waals surface area contributed by atoms with Crippen molar-refractivity contribution >= 4 is 32.7 Å². The largest absolute Gasteiger partial charge is 0.382 e. The van der Waals surface area contributed by atoms with Gasteiger partial charge in [0.1, 0.15) is 0 Å². The van der Waals surface area contributed by atoms with E-state index >= 15 is 0 Å². The Bertz CT molecular complexity index is 771. The third-order valence-corrected chi connectivity index (χ3v) is 4.40. The lowest BCUT2D eigenvalue weighted by Crippen LogP contribution is -2.07. The Morgan fingerprint density at radius 3 is 2.70 bits per heavy atom. The minimum atomic E-state index is 0.564. The van der Waals surface area contributed by atoms with Gasteiger partial charge in [-0.2, -0.15) is 10.2 Å². The predicted octanol–water partition coefficient (Wildman–Crippen LogP) is 2.73. The van der Waals surface area contributed by atoms with Crippen LogP contribution in [0.2, 0.25) is 0 Å². The molecule has 3 aromatic rings. The summed E-state index contributed by atoms with van der Waals surface area (Å²) in [5.41, 5.74) is 9.16. The van der Waals surface area contributed by atoms with E-state index < -0.39 is 0 Å². The standard InChI is InChI=1S/C14H16BrN5/c1-3-10-13(15)12(19(2)17-10)8-20-11-7-5-4-6-9(11)14(16)18-20/h4-7H,3,8H2,1-2H3,(H2,16,18). The van der Waals surface area contributed by atoms with Crippen LogP contribution in [0.3, 0.4) is 0 Å². The summed E-state index contributed by atoms with van der Waals surface area (Å²) in [6.45, 7) is 2.74. The van der Waals surface area contributed by atoms with Crippen LogP contribution in [0.1, 0.15) is 18.3 Å². The fraction of sp³-hybridized carbons (Fsp3) is 0.286. The monoisotopic (exact) mass is 333 g/mol. The normalized spacial score (nSPS) is 11.3. The lowest BCUT2D eigenvalue weighted by Gasteiger charge is -2.05. The maximum Gasteiger partial charge on any atom is 0.153 e. The Hall–Kier alpha value is -1.82. The summed E-state index contributed by atoms with van der Waals surface area (Å²) in [5, 5.41) is 9.93. The highest BCUT2D eigenvalue weighted by Gasteiger charge is 2.15. The summed E-state index contributed by atoms with van der Waals surface area (Å²) >= 11 is 3.63.